The number of fused-ring (bicyclic) bond motifs is 2. The standard InChI is InChI=1S/C19H20BrFN6O/c1-10(2)17-25-26-18-13(7-11(20)9-27(17)18)19(28)22-6-5-16-23-14-4-3-12(21)8-15(14)24-16/h3-4,7-10,16,23-24H,5-6H2,1-2H3,(H,22,28). The Balaban J connectivity index is 1.42. The van der Waals surface area contributed by atoms with E-state index in [1.165, 1.54) is 12.1 Å². The lowest BCUT2D eigenvalue weighted by atomic mass is 10.2. The number of nitrogens with zero attached hydrogens (tertiary/aromatic N) is 3. The van der Waals surface area contributed by atoms with Crippen LogP contribution in [0.5, 0.6) is 0 Å². The van der Waals surface area contributed by atoms with Crippen LogP contribution in [0.2, 0.25) is 0 Å². The summed E-state index contributed by atoms with van der Waals surface area (Å²) < 4.78 is 15.9. The van der Waals surface area contributed by atoms with E-state index in [9.17, 15) is 9.18 Å². The minimum atomic E-state index is -0.283. The first-order chi connectivity index (χ1) is 13.4. The van der Waals surface area contributed by atoms with Crippen molar-refractivity contribution < 1.29 is 9.18 Å². The molecule has 146 valence electrons. The number of rotatable bonds is 5. The Morgan fingerprint density at radius 2 is 2.07 bits per heavy atom. The fourth-order valence-electron chi connectivity index (χ4n) is 3.28. The molecule has 9 heteroatoms. The zero-order valence-electron chi connectivity index (χ0n) is 15.5. The molecule has 1 aromatic carbocycles. The van der Waals surface area contributed by atoms with Crippen LogP contribution in [0.4, 0.5) is 15.8 Å². The van der Waals surface area contributed by atoms with Crippen LogP contribution in [0.3, 0.4) is 0 Å². The maximum absolute atomic E-state index is 13.3. The van der Waals surface area contributed by atoms with E-state index < -0.39 is 0 Å². The van der Waals surface area contributed by atoms with Gasteiger partial charge in [-0.2, -0.15) is 0 Å². The number of benzene rings is 1. The molecule has 7 nitrogen and oxygen atoms in total. The molecule has 28 heavy (non-hydrogen) atoms. The molecular weight excluding hydrogens is 427 g/mol. The second kappa shape index (κ2) is 7.38. The lowest BCUT2D eigenvalue weighted by Crippen LogP contribution is -2.31. The quantitative estimate of drug-likeness (QED) is 0.555. The molecule has 1 aliphatic rings. The Labute approximate surface area is 169 Å². The van der Waals surface area contributed by atoms with Crippen molar-refractivity contribution in [1.29, 1.82) is 0 Å². The highest BCUT2D eigenvalue weighted by atomic mass is 79.9. The third-order valence-electron chi connectivity index (χ3n) is 4.62. The minimum Gasteiger partial charge on any atom is -0.364 e. The molecule has 1 unspecified atom stereocenters. The van der Waals surface area contributed by atoms with Crippen molar-refractivity contribution in [3.8, 4) is 0 Å². The van der Waals surface area contributed by atoms with Crippen molar-refractivity contribution in [2.24, 2.45) is 0 Å². The van der Waals surface area contributed by atoms with Gasteiger partial charge in [0.25, 0.3) is 5.91 Å². The zero-order chi connectivity index (χ0) is 19.8. The first-order valence-corrected chi connectivity index (χ1v) is 9.86. The monoisotopic (exact) mass is 446 g/mol. The third kappa shape index (κ3) is 3.54. The number of carbonyl (C=O) groups excluding carboxylic acids is 1. The highest BCUT2D eigenvalue weighted by Crippen LogP contribution is 2.30. The van der Waals surface area contributed by atoms with E-state index in [1.807, 2.05) is 24.4 Å². The predicted molar refractivity (Wildman–Crippen MR) is 109 cm³/mol. The van der Waals surface area contributed by atoms with Crippen LogP contribution in [0.25, 0.3) is 5.65 Å². The van der Waals surface area contributed by atoms with Crippen molar-refractivity contribution in [2.75, 3.05) is 17.2 Å². The van der Waals surface area contributed by atoms with Crippen molar-refractivity contribution >= 4 is 38.9 Å². The molecule has 0 saturated heterocycles. The number of pyridine rings is 1. The summed E-state index contributed by atoms with van der Waals surface area (Å²) in [5.74, 6) is 0.492. The molecule has 2 aromatic heterocycles. The molecule has 1 atom stereocenters. The highest BCUT2D eigenvalue weighted by molar-refractivity contribution is 9.10. The van der Waals surface area contributed by atoms with Crippen molar-refractivity contribution in [1.82, 2.24) is 19.9 Å². The van der Waals surface area contributed by atoms with Crippen LogP contribution in [-0.4, -0.2) is 33.2 Å². The average Bonchev–Trinajstić information content (AvgIpc) is 3.23. The number of hydrogen-bond acceptors (Lipinski definition) is 5. The summed E-state index contributed by atoms with van der Waals surface area (Å²) in [4.78, 5) is 12.7. The summed E-state index contributed by atoms with van der Waals surface area (Å²) in [6.07, 6.45) is 2.43. The average molecular weight is 447 g/mol. The molecular formula is C19H20BrFN6O. The Kier molecular flexibility index (Phi) is 4.92. The van der Waals surface area contributed by atoms with Crippen LogP contribution in [-0.2, 0) is 0 Å². The maximum Gasteiger partial charge on any atom is 0.255 e. The highest BCUT2D eigenvalue weighted by Gasteiger charge is 2.21. The summed E-state index contributed by atoms with van der Waals surface area (Å²) in [7, 11) is 0. The van der Waals surface area contributed by atoms with Gasteiger partial charge in [0, 0.05) is 29.6 Å². The van der Waals surface area contributed by atoms with Gasteiger partial charge in [-0.3, -0.25) is 9.20 Å². The Hall–Kier alpha value is -2.68. The van der Waals surface area contributed by atoms with E-state index >= 15 is 0 Å². The number of carbonyl (C=O) groups is 1. The number of halogens is 2. The molecule has 4 rings (SSSR count). The molecule has 3 heterocycles. The SMILES string of the molecule is CC(C)c1nnc2c(C(=O)NCCC3Nc4ccc(F)cc4N3)cc(Br)cn12. The second-order valence-corrected chi connectivity index (χ2v) is 7.97. The maximum atomic E-state index is 13.3. The summed E-state index contributed by atoms with van der Waals surface area (Å²) in [5, 5.41) is 17.8. The van der Waals surface area contributed by atoms with Crippen LogP contribution in [0.1, 0.15) is 42.4 Å². The Bertz CT molecular complexity index is 1050. The second-order valence-electron chi connectivity index (χ2n) is 7.05. The minimum absolute atomic E-state index is 0.0692. The predicted octanol–water partition coefficient (Wildman–Crippen LogP) is 3.74. The molecule has 0 bridgehead atoms. The van der Waals surface area contributed by atoms with E-state index in [2.05, 4.69) is 42.1 Å². The van der Waals surface area contributed by atoms with Gasteiger partial charge < -0.3 is 16.0 Å². The number of aromatic nitrogens is 3. The fraction of sp³-hybridized carbons (Fsp3) is 0.316. The topological polar surface area (TPSA) is 83.3 Å². The van der Waals surface area contributed by atoms with Gasteiger partial charge in [-0.15, -0.1) is 10.2 Å². The molecule has 1 amide bonds. The lowest BCUT2D eigenvalue weighted by Gasteiger charge is -2.13. The van der Waals surface area contributed by atoms with Crippen LogP contribution in [0, 0.1) is 5.82 Å². The molecule has 0 aliphatic carbocycles. The largest absolute Gasteiger partial charge is 0.364 e. The summed E-state index contributed by atoms with van der Waals surface area (Å²) in [5.41, 5.74) is 2.58. The molecule has 0 radical (unpaired) electrons. The number of amides is 1. The zero-order valence-corrected chi connectivity index (χ0v) is 17.0. The summed E-state index contributed by atoms with van der Waals surface area (Å²) in [6, 6.07) is 6.32. The van der Waals surface area contributed by atoms with Gasteiger partial charge >= 0.3 is 0 Å². The van der Waals surface area contributed by atoms with Gasteiger partial charge in [-0.25, -0.2) is 4.39 Å². The van der Waals surface area contributed by atoms with E-state index in [0.717, 1.165) is 21.7 Å². The fourth-order valence-corrected chi connectivity index (χ4v) is 3.71. The summed E-state index contributed by atoms with van der Waals surface area (Å²) >= 11 is 3.46. The number of nitrogens with one attached hydrogen (secondary N) is 3. The normalized spacial score (nSPS) is 15.4. The number of anilines is 2. The van der Waals surface area contributed by atoms with Crippen molar-refractivity contribution in [3.05, 3.63) is 52.1 Å². The molecule has 3 aromatic rings. The molecule has 0 spiro atoms. The Morgan fingerprint density at radius 3 is 2.86 bits per heavy atom. The van der Waals surface area contributed by atoms with Gasteiger partial charge in [0.05, 0.1) is 23.1 Å². The first-order valence-electron chi connectivity index (χ1n) is 9.07. The third-order valence-corrected chi connectivity index (χ3v) is 5.05. The van der Waals surface area contributed by atoms with Gasteiger partial charge in [-0.1, -0.05) is 13.8 Å². The van der Waals surface area contributed by atoms with Crippen molar-refractivity contribution in [3.63, 3.8) is 0 Å². The smallest absolute Gasteiger partial charge is 0.255 e. The molecule has 0 fully saturated rings. The summed E-state index contributed by atoms with van der Waals surface area (Å²) in [6.45, 7) is 4.51. The van der Waals surface area contributed by atoms with Crippen LogP contribution < -0.4 is 16.0 Å². The van der Waals surface area contributed by atoms with Gasteiger partial charge in [0.15, 0.2) is 5.65 Å². The van der Waals surface area contributed by atoms with Crippen LogP contribution >= 0.6 is 15.9 Å². The van der Waals surface area contributed by atoms with Crippen LogP contribution in [0.15, 0.2) is 34.9 Å². The van der Waals surface area contributed by atoms with E-state index in [0.29, 0.717) is 24.2 Å². The van der Waals surface area contributed by atoms with E-state index in [1.54, 1.807) is 12.1 Å². The Morgan fingerprint density at radius 1 is 1.29 bits per heavy atom. The molecule has 3 N–H and O–H groups in total. The molecule has 1 aliphatic heterocycles. The van der Waals surface area contributed by atoms with E-state index in [-0.39, 0.29) is 23.8 Å². The van der Waals surface area contributed by atoms with Gasteiger partial charge in [-0.05, 0) is 40.2 Å². The van der Waals surface area contributed by atoms with Gasteiger partial charge in [0.1, 0.15) is 11.6 Å². The van der Waals surface area contributed by atoms with E-state index in [4.69, 9.17) is 0 Å². The first kappa shape index (κ1) is 18.7. The number of hydrogen-bond donors (Lipinski definition) is 3. The molecule has 0 saturated carbocycles. The van der Waals surface area contributed by atoms with Gasteiger partial charge in [0.2, 0.25) is 0 Å². The lowest BCUT2D eigenvalue weighted by molar-refractivity contribution is 0.0954. The van der Waals surface area contributed by atoms with Crippen molar-refractivity contribution in [2.45, 2.75) is 32.4 Å².